The van der Waals surface area contributed by atoms with Gasteiger partial charge in [0.05, 0.1) is 12.5 Å². The summed E-state index contributed by atoms with van der Waals surface area (Å²) < 4.78 is 5.07. The van der Waals surface area contributed by atoms with E-state index in [0.717, 1.165) is 18.7 Å². The predicted octanol–water partition coefficient (Wildman–Crippen LogP) is 2.17. The third kappa shape index (κ3) is 3.06. The maximum atomic E-state index is 11.9. The van der Waals surface area contributed by atoms with Crippen LogP contribution in [0.1, 0.15) is 29.0 Å². The minimum Gasteiger partial charge on any atom is -0.463 e. The number of hydrazone groups is 1. The van der Waals surface area contributed by atoms with Crippen LogP contribution in [0.4, 0.5) is 5.69 Å². The van der Waals surface area contributed by atoms with E-state index in [2.05, 4.69) is 10.5 Å². The van der Waals surface area contributed by atoms with Crippen LogP contribution in [0.15, 0.2) is 52.2 Å². The monoisotopic (exact) mass is 297 g/mol. The maximum absolute atomic E-state index is 11.9. The number of benzene rings is 1. The van der Waals surface area contributed by atoms with Gasteiger partial charge in [-0.3, -0.25) is 9.59 Å². The summed E-state index contributed by atoms with van der Waals surface area (Å²) >= 11 is 0. The van der Waals surface area contributed by atoms with Crippen LogP contribution in [-0.4, -0.2) is 24.6 Å². The number of nitrogens with one attached hydrogen (secondary N) is 1. The maximum Gasteiger partial charge on any atom is 0.271 e. The van der Waals surface area contributed by atoms with Gasteiger partial charge in [0.1, 0.15) is 5.76 Å². The smallest absolute Gasteiger partial charge is 0.271 e. The molecule has 0 bridgehead atoms. The van der Waals surface area contributed by atoms with Crippen molar-refractivity contribution < 1.29 is 14.0 Å². The lowest BCUT2D eigenvalue weighted by Gasteiger charge is -2.15. The second kappa shape index (κ2) is 6.26. The fourth-order valence-electron chi connectivity index (χ4n) is 2.30. The molecule has 0 spiro atoms. The molecule has 0 radical (unpaired) electrons. The highest BCUT2D eigenvalue weighted by Gasteiger charge is 2.21. The lowest BCUT2D eigenvalue weighted by atomic mass is 10.2. The van der Waals surface area contributed by atoms with Crippen molar-refractivity contribution in [3.8, 4) is 0 Å². The number of furan rings is 1. The number of nitrogens with zero attached hydrogens (tertiary/aromatic N) is 2. The topological polar surface area (TPSA) is 74.9 Å². The minimum atomic E-state index is -0.317. The summed E-state index contributed by atoms with van der Waals surface area (Å²) in [6.07, 6.45) is 4.42. The van der Waals surface area contributed by atoms with Crippen molar-refractivity contribution in [3.63, 3.8) is 0 Å². The van der Waals surface area contributed by atoms with Crippen molar-refractivity contribution in [1.82, 2.24) is 5.43 Å². The van der Waals surface area contributed by atoms with Gasteiger partial charge in [0.15, 0.2) is 0 Å². The average molecular weight is 297 g/mol. The van der Waals surface area contributed by atoms with Crippen LogP contribution in [0.2, 0.25) is 0 Å². The fraction of sp³-hybridized carbons (Fsp3) is 0.188. The Morgan fingerprint density at radius 2 is 2.09 bits per heavy atom. The van der Waals surface area contributed by atoms with Gasteiger partial charge in [-0.05, 0) is 42.8 Å². The van der Waals surface area contributed by atoms with Gasteiger partial charge in [-0.25, -0.2) is 5.43 Å². The third-order valence-corrected chi connectivity index (χ3v) is 3.42. The normalized spacial score (nSPS) is 14.7. The average Bonchev–Trinajstić information content (AvgIpc) is 3.19. The van der Waals surface area contributed by atoms with Crippen LogP contribution in [0, 0.1) is 0 Å². The first-order chi connectivity index (χ1) is 10.7. The van der Waals surface area contributed by atoms with Crippen LogP contribution in [0.5, 0.6) is 0 Å². The first-order valence-electron chi connectivity index (χ1n) is 7.01. The number of hydrogen-bond donors (Lipinski definition) is 1. The predicted molar refractivity (Wildman–Crippen MR) is 81.8 cm³/mol. The number of rotatable bonds is 4. The van der Waals surface area contributed by atoms with Gasteiger partial charge in [0.2, 0.25) is 5.91 Å². The van der Waals surface area contributed by atoms with E-state index in [-0.39, 0.29) is 11.8 Å². The van der Waals surface area contributed by atoms with Gasteiger partial charge in [-0.1, -0.05) is 0 Å². The molecule has 3 rings (SSSR count). The molecule has 0 aliphatic carbocycles. The molecule has 0 saturated carbocycles. The van der Waals surface area contributed by atoms with Crippen LogP contribution >= 0.6 is 0 Å². The number of amides is 2. The summed E-state index contributed by atoms with van der Waals surface area (Å²) in [7, 11) is 0. The molecule has 6 heteroatoms. The van der Waals surface area contributed by atoms with Crippen molar-refractivity contribution in [1.29, 1.82) is 0 Å². The highest BCUT2D eigenvalue weighted by Crippen LogP contribution is 2.21. The van der Waals surface area contributed by atoms with E-state index in [1.807, 2.05) is 0 Å². The van der Waals surface area contributed by atoms with Gasteiger partial charge in [0, 0.05) is 24.2 Å². The molecule has 1 aliphatic heterocycles. The molecule has 1 fully saturated rings. The van der Waals surface area contributed by atoms with E-state index < -0.39 is 0 Å². The molecule has 1 N–H and O–H groups in total. The van der Waals surface area contributed by atoms with E-state index in [0.29, 0.717) is 17.7 Å². The molecule has 22 heavy (non-hydrogen) atoms. The summed E-state index contributed by atoms with van der Waals surface area (Å²) in [6.45, 7) is 0.734. The van der Waals surface area contributed by atoms with Crippen molar-refractivity contribution >= 4 is 23.7 Å². The summed E-state index contributed by atoms with van der Waals surface area (Å²) in [6, 6.07) is 10.4. The Bertz CT molecular complexity index is 690. The van der Waals surface area contributed by atoms with Crippen LogP contribution in [0.3, 0.4) is 0 Å². The zero-order chi connectivity index (χ0) is 15.4. The van der Waals surface area contributed by atoms with Crippen LogP contribution in [0.25, 0.3) is 0 Å². The number of hydrogen-bond acceptors (Lipinski definition) is 4. The summed E-state index contributed by atoms with van der Waals surface area (Å²) in [4.78, 5) is 25.3. The molecular weight excluding hydrogens is 282 g/mol. The molecule has 0 unspecified atom stereocenters. The molecule has 1 saturated heterocycles. The van der Waals surface area contributed by atoms with Gasteiger partial charge in [-0.15, -0.1) is 0 Å². The van der Waals surface area contributed by atoms with Crippen LogP contribution in [-0.2, 0) is 4.79 Å². The Kier molecular flexibility index (Phi) is 4.00. The standard InChI is InChI=1S/C16H15N3O3/c20-15-4-1-9-19(15)13-7-5-12(6-8-13)16(21)18-17-11-14-3-2-10-22-14/h2-3,5-8,10-11H,1,4,9H2,(H,18,21)/b17-11-. The largest absolute Gasteiger partial charge is 0.463 e. The summed E-state index contributed by atoms with van der Waals surface area (Å²) in [5.74, 6) is 0.366. The van der Waals surface area contributed by atoms with E-state index in [4.69, 9.17) is 4.42 Å². The lowest BCUT2D eigenvalue weighted by molar-refractivity contribution is -0.117. The first-order valence-corrected chi connectivity index (χ1v) is 7.01. The Morgan fingerprint density at radius 3 is 2.73 bits per heavy atom. The van der Waals surface area contributed by atoms with Gasteiger partial charge >= 0.3 is 0 Å². The molecular formula is C16H15N3O3. The zero-order valence-corrected chi connectivity index (χ0v) is 11.9. The Balaban J connectivity index is 1.62. The SMILES string of the molecule is O=C(N/N=C\c1ccco1)c1ccc(N2CCCC2=O)cc1. The van der Waals surface area contributed by atoms with Crippen molar-refractivity contribution in [2.45, 2.75) is 12.8 Å². The van der Waals surface area contributed by atoms with E-state index >= 15 is 0 Å². The molecule has 2 aromatic rings. The zero-order valence-electron chi connectivity index (χ0n) is 11.9. The highest BCUT2D eigenvalue weighted by molar-refractivity contribution is 5.97. The van der Waals surface area contributed by atoms with Gasteiger partial charge < -0.3 is 9.32 Å². The number of carbonyl (C=O) groups is 2. The van der Waals surface area contributed by atoms with E-state index in [1.165, 1.54) is 12.5 Å². The highest BCUT2D eigenvalue weighted by atomic mass is 16.3. The Morgan fingerprint density at radius 1 is 1.27 bits per heavy atom. The third-order valence-electron chi connectivity index (χ3n) is 3.42. The Hall–Kier alpha value is -2.89. The van der Waals surface area contributed by atoms with E-state index in [9.17, 15) is 9.59 Å². The summed E-state index contributed by atoms with van der Waals surface area (Å²) in [5.41, 5.74) is 3.72. The second-order valence-corrected chi connectivity index (χ2v) is 4.91. The molecule has 1 aliphatic rings. The molecule has 2 heterocycles. The van der Waals surface area contributed by atoms with Crippen molar-refractivity contribution in [2.24, 2.45) is 5.10 Å². The van der Waals surface area contributed by atoms with Gasteiger partial charge in [-0.2, -0.15) is 5.10 Å². The van der Waals surface area contributed by atoms with Crippen molar-refractivity contribution in [3.05, 3.63) is 54.0 Å². The van der Waals surface area contributed by atoms with E-state index in [1.54, 1.807) is 41.3 Å². The molecule has 112 valence electrons. The van der Waals surface area contributed by atoms with Crippen molar-refractivity contribution in [2.75, 3.05) is 11.4 Å². The molecule has 6 nitrogen and oxygen atoms in total. The summed E-state index contributed by atoms with van der Waals surface area (Å²) in [5, 5.41) is 3.82. The lowest BCUT2D eigenvalue weighted by Crippen LogP contribution is -2.24. The molecule has 0 atom stereocenters. The first kappa shape index (κ1) is 14.1. The van der Waals surface area contributed by atoms with Crippen LogP contribution < -0.4 is 10.3 Å². The number of carbonyl (C=O) groups excluding carboxylic acids is 2. The molecule has 1 aromatic heterocycles. The number of anilines is 1. The Labute approximate surface area is 127 Å². The quantitative estimate of drug-likeness (QED) is 0.694. The fourth-order valence-corrected chi connectivity index (χ4v) is 2.30. The molecule has 1 aromatic carbocycles. The van der Waals surface area contributed by atoms with Gasteiger partial charge in [0.25, 0.3) is 5.91 Å². The molecule has 2 amide bonds. The minimum absolute atomic E-state index is 0.125. The second-order valence-electron chi connectivity index (χ2n) is 4.91.